The number of para-hydroxylation sites is 2. The van der Waals surface area contributed by atoms with Crippen LogP contribution in [0.4, 0.5) is 14.5 Å². The second-order valence-electron chi connectivity index (χ2n) is 6.80. The molecule has 1 aliphatic rings. The number of carbonyl (C=O) groups is 1. The number of methoxy groups -OCH3 is 1. The summed E-state index contributed by atoms with van der Waals surface area (Å²) in [6, 6.07) is 9.92. The SMILES string of the molecule is COc1cccc2c1nc(CN1C(=O)C(F)(F)Oc3c([C@@H](C)O)cccc31)n2C. The maximum atomic E-state index is 14.4. The topological polar surface area (TPSA) is 76.8 Å². The summed E-state index contributed by atoms with van der Waals surface area (Å²) in [6.07, 6.45) is -5.10. The minimum absolute atomic E-state index is 0.151. The van der Waals surface area contributed by atoms with Gasteiger partial charge >= 0.3 is 12.0 Å². The van der Waals surface area contributed by atoms with Gasteiger partial charge in [-0.1, -0.05) is 18.2 Å². The van der Waals surface area contributed by atoms with Crippen molar-refractivity contribution in [1.82, 2.24) is 9.55 Å². The van der Waals surface area contributed by atoms with Gasteiger partial charge in [-0.15, -0.1) is 0 Å². The lowest BCUT2D eigenvalue weighted by molar-refractivity contribution is -0.193. The number of alkyl halides is 2. The van der Waals surface area contributed by atoms with Crippen molar-refractivity contribution >= 4 is 22.6 Å². The highest BCUT2D eigenvalue weighted by Gasteiger charge is 2.51. The van der Waals surface area contributed by atoms with E-state index in [0.29, 0.717) is 17.1 Å². The van der Waals surface area contributed by atoms with Crippen molar-refractivity contribution < 1.29 is 28.2 Å². The lowest BCUT2D eigenvalue weighted by Crippen LogP contribution is -2.51. The first kappa shape index (κ1) is 19.1. The first-order valence-electron chi connectivity index (χ1n) is 8.92. The van der Waals surface area contributed by atoms with Gasteiger partial charge in [-0.2, -0.15) is 8.78 Å². The summed E-state index contributed by atoms with van der Waals surface area (Å²) in [5.41, 5.74) is 1.63. The first-order chi connectivity index (χ1) is 13.7. The lowest BCUT2D eigenvalue weighted by atomic mass is 10.1. The summed E-state index contributed by atoms with van der Waals surface area (Å²) in [5.74, 6) is -0.779. The van der Waals surface area contributed by atoms with E-state index in [4.69, 9.17) is 4.74 Å². The molecule has 0 spiro atoms. The molecular weight excluding hydrogens is 384 g/mol. The highest BCUT2D eigenvalue weighted by molar-refractivity contribution is 6.01. The molecule has 2 aromatic carbocycles. The highest BCUT2D eigenvalue weighted by Crippen LogP contribution is 2.44. The molecule has 2 heterocycles. The summed E-state index contributed by atoms with van der Waals surface area (Å²) in [6.45, 7) is 1.23. The number of fused-ring (bicyclic) bond motifs is 2. The van der Waals surface area contributed by atoms with Crippen molar-refractivity contribution in [2.75, 3.05) is 12.0 Å². The van der Waals surface area contributed by atoms with Crippen LogP contribution in [0.25, 0.3) is 11.0 Å². The number of benzene rings is 2. The van der Waals surface area contributed by atoms with Crippen LogP contribution in [0.1, 0.15) is 24.4 Å². The molecule has 7 nitrogen and oxygen atoms in total. The van der Waals surface area contributed by atoms with E-state index in [2.05, 4.69) is 9.72 Å². The van der Waals surface area contributed by atoms with Crippen molar-refractivity contribution in [2.45, 2.75) is 25.7 Å². The summed E-state index contributed by atoms with van der Waals surface area (Å²) in [4.78, 5) is 17.9. The van der Waals surface area contributed by atoms with Gasteiger partial charge in [0.25, 0.3) is 0 Å². The number of aryl methyl sites for hydroxylation is 1. The fourth-order valence-electron chi connectivity index (χ4n) is 3.47. The molecule has 1 amide bonds. The molecule has 1 N–H and O–H groups in total. The number of aliphatic hydroxyl groups is 1. The minimum Gasteiger partial charge on any atom is -0.494 e. The smallest absolute Gasteiger partial charge is 0.483 e. The predicted octanol–water partition coefficient (Wildman–Crippen LogP) is 3.15. The number of hydrogen-bond acceptors (Lipinski definition) is 5. The van der Waals surface area contributed by atoms with E-state index in [9.17, 15) is 18.7 Å². The Morgan fingerprint density at radius 2 is 2.00 bits per heavy atom. The molecule has 0 saturated carbocycles. The lowest BCUT2D eigenvalue weighted by Gasteiger charge is -2.34. The number of hydrogen-bond donors (Lipinski definition) is 1. The van der Waals surface area contributed by atoms with E-state index in [1.807, 2.05) is 6.07 Å². The second kappa shape index (κ2) is 6.70. The first-order valence-corrected chi connectivity index (χ1v) is 8.92. The molecule has 0 bridgehead atoms. The maximum Gasteiger partial charge on any atom is 0.483 e. The molecule has 0 fully saturated rings. The third kappa shape index (κ3) is 2.98. The number of carbonyl (C=O) groups excluding carboxylic acids is 1. The van der Waals surface area contributed by atoms with Crippen LogP contribution >= 0.6 is 0 Å². The predicted molar refractivity (Wildman–Crippen MR) is 101 cm³/mol. The quantitative estimate of drug-likeness (QED) is 0.724. The van der Waals surface area contributed by atoms with Gasteiger partial charge in [-0.25, -0.2) is 4.98 Å². The molecule has 152 valence electrons. The van der Waals surface area contributed by atoms with Crippen molar-refractivity contribution in [3.05, 3.63) is 47.8 Å². The van der Waals surface area contributed by atoms with Gasteiger partial charge in [-0.3, -0.25) is 9.69 Å². The van der Waals surface area contributed by atoms with E-state index in [1.54, 1.807) is 29.8 Å². The van der Waals surface area contributed by atoms with Crippen molar-refractivity contribution in [2.24, 2.45) is 7.05 Å². The zero-order valence-corrected chi connectivity index (χ0v) is 16.0. The van der Waals surface area contributed by atoms with E-state index in [-0.39, 0.29) is 23.5 Å². The van der Waals surface area contributed by atoms with Crippen molar-refractivity contribution in [3.8, 4) is 11.5 Å². The normalized spacial score (nSPS) is 16.5. The Kier molecular flexibility index (Phi) is 4.42. The van der Waals surface area contributed by atoms with E-state index in [1.165, 1.54) is 26.2 Å². The molecule has 1 atom stereocenters. The van der Waals surface area contributed by atoms with E-state index >= 15 is 0 Å². The Morgan fingerprint density at radius 3 is 2.69 bits per heavy atom. The molecule has 0 aliphatic carbocycles. The van der Waals surface area contributed by atoms with Gasteiger partial charge in [0.1, 0.15) is 17.1 Å². The number of halogens is 2. The summed E-state index contributed by atoms with van der Waals surface area (Å²) in [7, 11) is 3.25. The van der Waals surface area contributed by atoms with Crippen LogP contribution in [0.5, 0.6) is 11.5 Å². The number of aliphatic hydroxyl groups excluding tert-OH is 1. The van der Waals surface area contributed by atoms with Crippen LogP contribution in [0.15, 0.2) is 36.4 Å². The zero-order chi connectivity index (χ0) is 20.9. The summed E-state index contributed by atoms with van der Waals surface area (Å²) >= 11 is 0. The van der Waals surface area contributed by atoms with E-state index < -0.39 is 18.1 Å². The Morgan fingerprint density at radius 1 is 1.28 bits per heavy atom. The van der Waals surface area contributed by atoms with Crippen LogP contribution in [0.3, 0.4) is 0 Å². The Labute approximate surface area is 165 Å². The van der Waals surface area contributed by atoms with Gasteiger partial charge in [0.05, 0.1) is 31.0 Å². The number of aromatic nitrogens is 2. The average molecular weight is 403 g/mol. The number of ether oxygens (including phenoxy) is 2. The van der Waals surface area contributed by atoms with Crippen LogP contribution in [-0.2, 0) is 18.4 Å². The number of imidazole rings is 1. The second-order valence-corrected chi connectivity index (χ2v) is 6.80. The Balaban J connectivity index is 1.84. The van der Waals surface area contributed by atoms with Gasteiger partial charge in [0.15, 0.2) is 5.75 Å². The molecule has 3 aromatic rings. The average Bonchev–Trinajstić information content (AvgIpc) is 3.00. The van der Waals surface area contributed by atoms with Gasteiger partial charge in [0.2, 0.25) is 0 Å². The van der Waals surface area contributed by atoms with Gasteiger partial charge in [0, 0.05) is 12.6 Å². The molecule has 0 saturated heterocycles. The van der Waals surface area contributed by atoms with Crippen molar-refractivity contribution in [1.29, 1.82) is 0 Å². The van der Waals surface area contributed by atoms with Crippen LogP contribution in [0.2, 0.25) is 0 Å². The third-order valence-corrected chi connectivity index (χ3v) is 4.98. The molecule has 4 rings (SSSR count). The van der Waals surface area contributed by atoms with E-state index in [0.717, 1.165) is 10.4 Å². The summed E-state index contributed by atoms with van der Waals surface area (Å²) < 4.78 is 40.4. The molecular formula is C20H19F2N3O4. The van der Waals surface area contributed by atoms with Crippen LogP contribution in [0, 0.1) is 0 Å². The zero-order valence-electron chi connectivity index (χ0n) is 16.0. The van der Waals surface area contributed by atoms with Crippen LogP contribution < -0.4 is 14.4 Å². The summed E-state index contributed by atoms with van der Waals surface area (Å²) in [5, 5.41) is 9.93. The number of anilines is 1. The standard InChI is InChI=1S/C20H19F2N3O4/c1-11(26)12-6-4-8-14-18(12)29-20(21,22)19(27)25(14)10-16-23-17-13(24(16)2)7-5-9-15(17)28-3/h4-9,11,26H,10H2,1-3H3/t11-/m1/s1. The number of amides is 1. The molecule has 0 unspecified atom stereocenters. The number of rotatable bonds is 4. The molecule has 9 heteroatoms. The van der Waals surface area contributed by atoms with Gasteiger partial charge in [-0.05, 0) is 25.1 Å². The van der Waals surface area contributed by atoms with Crippen molar-refractivity contribution in [3.63, 3.8) is 0 Å². The highest BCUT2D eigenvalue weighted by atomic mass is 19.3. The number of nitrogens with zero attached hydrogens (tertiary/aromatic N) is 3. The molecule has 29 heavy (non-hydrogen) atoms. The monoisotopic (exact) mass is 403 g/mol. The molecule has 1 aromatic heterocycles. The molecule has 0 radical (unpaired) electrons. The minimum atomic E-state index is -4.06. The maximum absolute atomic E-state index is 14.4. The molecule has 1 aliphatic heterocycles. The van der Waals surface area contributed by atoms with Gasteiger partial charge < -0.3 is 19.1 Å². The Bertz CT molecular complexity index is 1110. The third-order valence-electron chi connectivity index (χ3n) is 4.98. The largest absolute Gasteiger partial charge is 0.494 e. The fraction of sp³-hybridized carbons (Fsp3) is 0.300. The fourth-order valence-corrected chi connectivity index (χ4v) is 3.47. The van der Waals surface area contributed by atoms with Crippen LogP contribution in [-0.4, -0.2) is 33.8 Å². The Hall–Kier alpha value is -3.20.